The van der Waals surface area contributed by atoms with E-state index < -0.39 is 68.9 Å². The number of amides is 3. The average molecular weight is 571 g/mol. The van der Waals surface area contributed by atoms with Crippen LogP contribution in [0.4, 0.5) is 18.0 Å². The molecule has 5 atom stereocenters. The summed E-state index contributed by atoms with van der Waals surface area (Å²) in [5.74, 6) is -0.962. The topological polar surface area (TPSA) is 125 Å². The minimum Gasteiger partial charge on any atom is -0.467 e. The van der Waals surface area contributed by atoms with Gasteiger partial charge >= 0.3 is 27.5 Å². The van der Waals surface area contributed by atoms with Crippen molar-refractivity contribution in [3.63, 3.8) is 0 Å². The molecule has 0 aromatic heterocycles. The molecule has 220 valence electrons. The third kappa shape index (κ3) is 6.21. The van der Waals surface area contributed by atoms with Gasteiger partial charge in [-0.2, -0.15) is 17.5 Å². The van der Waals surface area contributed by atoms with Crippen LogP contribution in [0.5, 0.6) is 0 Å². The number of carbonyl (C=O) groups is 3. The van der Waals surface area contributed by atoms with Crippen LogP contribution in [-0.2, 0) is 24.3 Å². The summed E-state index contributed by atoms with van der Waals surface area (Å²) in [7, 11) is -3.57. The lowest BCUT2D eigenvalue weighted by Crippen LogP contribution is -2.61. The molecule has 14 heteroatoms. The molecule has 0 bridgehead atoms. The molecule has 1 saturated heterocycles. The first-order valence-corrected chi connectivity index (χ1v) is 13.8. The van der Waals surface area contributed by atoms with Crippen LogP contribution in [0.2, 0.25) is 0 Å². The number of nitrogens with zero attached hydrogens (tertiary/aromatic N) is 2. The highest BCUT2D eigenvalue weighted by molar-refractivity contribution is 7.89. The molecule has 38 heavy (non-hydrogen) atoms. The summed E-state index contributed by atoms with van der Waals surface area (Å²) in [5.41, 5.74) is -7.26. The Balaban J connectivity index is 2.25. The number of methoxy groups -OCH3 is 1. The van der Waals surface area contributed by atoms with Crippen LogP contribution < -0.4 is 10.6 Å². The summed E-state index contributed by atoms with van der Waals surface area (Å²) in [4.78, 5) is 40.8. The van der Waals surface area contributed by atoms with Gasteiger partial charge in [0, 0.05) is 32.1 Å². The molecule has 2 fully saturated rings. The van der Waals surface area contributed by atoms with Crippen LogP contribution in [0, 0.1) is 28.1 Å². The summed E-state index contributed by atoms with van der Waals surface area (Å²) in [5, 5.41) is 5.17. The van der Waals surface area contributed by atoms with Crippen LogP contribution in [0.15, 0.2) is 0 Å². The van der Waals surface area contributed by atoms with Crippen molar-refractivity contribution in [1.82, 2.24) is 19.8 Å². The number of hydrogen-bond acceptors (Lipinski definition) is 6. The van der Waals surface area contributed by atoms with Gasteiger partial charge in [0.05, 0.1) is 7.11 Å². The number of ether oxygens (including phenoxy) is 1. The summed E-state index contributed by atoms with van der Waals surface area (Å²) < 4.78 is 67.8. The van der Waals surface area contributed by atoms with Gasteiger partial charge in [-0.15, -0.1) is 0 Å². The lowest BCUT2D eigenvalue weighted by molar-refractivity contribution is -0.154. The number of sulfonamides is 1. The SMILES string of the molecule is COC(=O)[C@@H]1[C@@H]2[C@H](CN1C(=O)[C@@H](NC(=O)N[C@H](CN(C)S(=O)(=O)C(F)(F)F)C(C)(C)C)C(C)(C)C)C2(C)C. The van der Waals surface area contributed by atoms with Crippen molar-refractivity contribution in [2.24, 2.45) is 28.1 Å². The molecule has 0 radical (unpaired) electrons. The molecule has 1 heterocycles. The van der Waals surface area contributed by atoms with Gasteiger partial charge in [0.15, 0.2) is 0 Å². The second kappa shape index (κ2) is 10.1. The number of likely N-dealkylation sites (tertiary alicyclic amines) is 1. The van der Waals surface area contributed by atoms with Gasteiger partial charge in [-0.05, 0) is 22.2 Å². The van der Waals surface area contributed by atoms with Crippen molar-refractivity contribution in [2.45, 2.75) is 79.0 Å². The third-order valence-electron chi connectivity index (χ3n) is 7.82. The van der Waals surface area contributed by atoms with Crippen molar-refractivity contribution < 1.29 is 40.7 Å². The van der Waals surface area contributed by atoms with Crippen molar-refractivity contribution in [3.05, 3.63) is 0 Å². The molecule has 2 rings (SSSR count). The highest BCUT2D eigenvalue weighted by Crippen LogP contribution is 2.65. The maximum atomic E-state index is 13.7. The van der Waals surface area contributed by atoms with Crippen molar-refractivity contribution in [2.75, 3.05) is 27.2 Å². The van der Waals surface area contributed by atoms with Gasteiger partial charge in [-0.1, -0.05) is 55.4 Å². The molecule has 3 amide bonds. The first-order chi connectivity index (χ1) is 16.9. The van der Waals surface area contributed by atoms with E-state index in [2.05, 4.69) is 10.6 Å². The van der Waals surface area contributed by atoms with Gasteiger partial charge in [-0.25, -0.2) is 18.0 Å². The molecule has 0 aromatic rings. The third-order valence-corrected chi connectivity index (χ3v) is 9.37. The first kappa shape index (κ1) is 32.1. The smallest absolute Gasteiger partial charge is 0.467 e. The van der Waals surface area contributed by atoms with E-state index in [9.17, 15) is 36.0 Å². The first-order valence-electron chi connectivity index (χ1n) is 12.4. The number of likely N-dealkylation sites (N-methyl/N-ethyl adjacent to an activating group) is 1. The van der Waals surface area contributed by atoms with Gasteiger partial charge < -0.3 is 20.3 Å². The van der Waals surface area contributed by atoms with E-state index in [1.54, 1.807) is 41.5 Å². The Bertz CT molecular complexity index is 1050. The number of urea groups is 1. The molecule has 1 aliphatic carbocycles. The molecule has 0 aromatic carbocycles. The fraction of sp³-hybridized carbons (Fsp3) is 0.875. The van der Waals surface area contributed by atoms with Crippen molar-refractivity contribution in [3.8, 4) is 0 Å². The molecule has 0 spiro atoms. The molecule has 2 aliphatic rings. The van der Waals surface area contributed by atoms with E-state index in [4.69, 9.17) is 4.74 Å². The van der Waals surface area contributed by atoms with Crippen molar-refractivity contribution >= 4 is 27.9 Å². The Kier molecular flexibility index (Phi) is 8.57. The summed E-state index contributed by atoms with van der Waals surface area (Å²) >= 11 is 0. The maximum Gasteiger partial charge on any atom is 0.511 e. The number of hydrogen-bond donors (Lipinski definition) is 2. The zero-order chi connectivity index (χ0) is 29.8. The summed E-state index contributed by atoms with van der Waals surface area (Å²) in [6, 6.07) is -3.77. The molecule has 10 nitrogen and oxygen atoms in total. The average Bonchev–Trinajstić information content (AvgIpc) is 3.07. The van der Waals surface area contributed by atoms with Gasteiger partial charge in [0.25, 0.3) is 0 Å². The predicted octanol–water partition coefficient (Wildman–Crippen LogP) is 2.55. The van der Waals surface area contributed by atoms with Gasteiger partial charge in [0.2, 0.25) is 5.91 Å². The van der Waals surface area contributed by atoms with Crippen LogP contribution in [0.25, 0.3) is 0 Å². The number of alkyl halides is 3. The quantitative estimate of drug-likeness (QED) is 0.454. The lowest BCUT2D eigenvalue weighted by atomic mass is 9.85. The zero-order valence-corrected chi connectivity index (χ0v) is 24.5. The standard InChI is InChI=1S/C24H41F3N4O6S/c1-21(2,3)14(12-30(9)38(35,36)24(25,26)27)28-20(34)29-17(22(4,5)6)18(32)31-11-13-15(23(13,7)8)16(31)19(33)37-10/h13-17H,11-12H2,1-10H3,(H2,28,29,34)/t13-,14+,15-,16-,17+/m0/s1. The molecular weight excluding hydrogens is 529 g/mol. The number of halogens is 3. The largest absolute Gasteiger partial charge is 0.511 e. The van der Waals surface area contributed by atoms with E-state index >= 15 is 0 Å². The maximum absolute atomic E-state index is 13.7. The molecular formula is C24H41F3N4O6S. The number of esters is 1. The fourth-order valence-corrected chi connectivity index (χ4v) is 5.82. The fourth-order valence-electron chi connectivity index (χ4n) is 5.12. The van der Waals surface area contributed by atoms with Crippen LogP contribution in [0.1, 0.15) is 55.4 Å². The van der Waals surface area contributed by atoms with E-state index in [0.717, 1.165) is 7.05 Å². The molecule has 2 N–H and O–H groups in total. The van der Waals surface area contributed by atoms with Gasteiger partial charge in [-0.3, -0.25) is 4.79 Å². The van der Waals surface area contributed by atoms with E-state index in [0.29, 0.717) is 6.54 Å². The van der Waals surface area contributed by atoms with Gasteiger partial charge in [0.1, 0.15) is 12.1 Å². The van der Waals surface area contributed by atoms with Crippen molar-refractivity contribution in [1.29, 1.82) is 0 Å². The summed E-state index contributed by atoms with van der Waals surface area (Å²) in [6.07, 6.45) is 0. The van der Waals surface area contributed by atoms with E-state index in [-0.39, 0.29) is 21.6 Å². The number of fused-ring (bicyclic) bond motifs is 1. The predicted molar refractivity (Wildman–Crippen MR) is 134 cm³/mol. The Labute approximate surface area is 223 Å². The van der Waals surface area contributed by atoms with Crippen LogP contribution in [-0.4, -0.2) is 86.4 Å². The normalized spacial score (nSPS) is 24.9. The highest BCUT2D eigenvalue weighted by atomic mass is 32.2. The number of carbonyl (C=O) groups excluding carboxylic acids is 3. The second-order valence-corrected chi connectivity index (χ2v) is 15.0. The van der Waals surface area contributed by atoms with E-state index in [1.807, 2.05) is 13.8 Å². The monoisotopic (exact) mass is 570 g/mol. The van der Waals surface area contributed by atoms with Crippen LogP contribution >= 0.6 is 0 Å². The number of piperidine rings is 1. The molecule has 0 unspecified atom stereocenters. The minimum absolute atomic E-state index is 0.0651. The Morgan fingerprint density at radius 2 is 1.58 bits per heavy atom. The number of rotatable bonds is 7. The van der Waals surface area contributed by atoms with E-state index in [1.165, 1.54) is 12.0 Å². The summed E-state index contributed by atoms with van der Waals surface area (Å²) in [6.45, 7) is 13.8. The zero-order valence-electron chi connectivity index (χ0n) is 23.7. The second-order valence-electron chi connectivity index (χ2n) is 13.0. The van der Waals surface area contributed by atoms with Crippen LogP contribution in [0.3, 0.4) is 0 Å². The Morgan fingerprint density at radius 3 is 2.00 bits per heavy atom. The minimum atomic E-state index is -5.61. The highest BCUT2D eigenvalue weighted by Gasteiger charge is 2.70. The Hall–Kier alpha value is -2.09. The number of nitrogens with one attached hydrogen (secondary N) is 2. The Morgan fingerprint density at radius 1 is 1.05 bits per heavy atom. The molecule has 1 aliphatic heterocycles. The lowest BCUT2D eigenvalue weighted by Gasteiger charge is -2.38. The molecule has 1 saturated carbocycles.